The largest absolute Gasteiger partial charge is 0.478 e. The number of ether oxygens (including phenoxy) is 1. The predicted octanol–water partition coefficient (Wildman–Crippen LogP) is 1.72. The Morgan fingerprint density at radius 1 is 1.53 bits per heavy atom. The summed E-state index contributed by atoms with van der Waals surface area (Å²) in [4.78, 5) is 12.9. The molecule has 3 N–H and O–H groups in total. The molecule has 2 atom stereocenters. The average molecular weight is 268 g/mol. The van der Waals surface area contributed by atoms with E-state index >= 15 is 0 Å². The Kier molecular flexibility index (Phi) is 3.61. The second-order valence-corrected chi connectivity index (χ2v) is 4.84. The van der Waals surface area contributed by atoms with Crippen LogP contribution >= 0.6 is 0 Å². The lowest BCUT2D eigenvalue weighted by Gasteiger charge is -2.38. The molecule has 0 amide bonds. The third-order valence-electron chi connectivity index (χ3n) is 3.27. The van der Waals surface area contributed by atoms with Gasteiger partial charge < -0.3 is 20.5 Å². The number of hydrogen-bond donors (Lipinski definition) is 2. The highest BCUT2D eigenvalue weighted by Gasteiger charge is 2.27. The molecule has 0 saturated carbocycles. The van der Waals surface area contributed by atoms with Crippen molar-refractivity contribution < 1.29 is 19.0 Å². The Balaban J connectivity index is 2.43. The van der Waals surface area contributed by atoms with E-state index in [-0.39, 0.29) is 29.1 Å². The highest BCUT2D eigenvalue weighted by molar-refractivity contribution is 5.95. The zero-order chi connectivity index (χ0) is 14.2. The quantitative estimate of drug-likeness (QED) is 0.799. The van der Waals surface area contributed by atoms with Gasteiger partial charge in [0.25, 0.3) is 0 Å². The van der Waals surface area contributed by atoms with Crippen LogP contribution in [-0.2, 0) is 4.74 Å². The molecule has 6 heteroatoms. The number of nitrogens with two attached hydrogens (primary N) is 1. The highest BCUT2D eigenvalue weighted by Crippen LogP contribution is 2.29. The van der Waals surface area contributed by atoms with Gasteiger partial charge in [-0.2, -0.15) is 0 Å². The third-order valence-corrected chi connectivity index (χ3v) is 3.27. The summed E-state index contributed by atoms with van der Waals surface area (Å²) in [6.45, 7) is 4.79. The molecule has 5 nitrogen and oxygen atoms in total. The number of carboxylic acid groups (broad SMARTS) is 1. The monoisotopic (exact) mass is 268 g/mol. The van der Waals surface area contributed by atoms with Crippen LogP contribution in [-0.4, -0.2) is 36.4 Å². The van der Waals surface area contributed by atoms with Crippen LogP contribution in [0.1, 0.15) is 24.2 Å². The maximum atomic E-state index is 14.0. The lowest BCUT2D eigenvalue weighted by Crippen LogP contribution is -2.47. The fraction of sp³-hybridized carbons (Fsp3) is 0.462. The maximum Gasteiger partial charge on any atom is 0.337 e. The third kappa shape index (κ3) is 2.63. The van der Waals surface area contributed by atoms with Crippen LogP contribution in [0.15, 0.2) is 12.1 Å². The lowest BCUT2D eigenvalue weighted by atomic mass is 10.1. The molecular weight excluding hydrogens is 251 g/mol. The summed E-state index contributed by atoms with van der Waals surface area (Å²) in [6, 6.07) is 2.34. The number of rotatable bonds is 2. The van der Waals surface area contributed by atoms with Crippen molar-refractivity contribution in [1.29, 1.82) is 0 Å². The van der Waals surface area contributed by atoms with Crippen molar-refractivity contribution in [1.82, 2.24) is 0 Å². The Hall–Kier alpha value is -1.82. The number of nitrogens with zero attached hydrogens (tertiary/aromatic N) is 1. The van der Waals surface area contributed by atoms with Crippen molar-refractivity contribution in [3.8, 4) is 0 Å². The van der Waals surface area contributed by atoms with Crippen molar-refractivity contribution in [2.24, 2.45) is 0 Å². The van der Waals surface area contributed by atoms with E-state index in [4.69, 9.17) is 15.6 Å². The molecule has 1 heterocycles. The van der Waals surface area contributed by atoms with Gasteiger partial charge in [0.05, 0.1) is 24.0 Å². The van der Waals surface area contributed by atoms with E-state index in [1.54, 1.807) is 0 Å². The first-order valence-electron chi connectivity index (χ1n) is 6.10. The van der Waals surface area contributed by atoms with E-state index in [2.05, 4.69) is 0 Å². The second kappa shape index (κ2) is 5.05. The number of morpholine rings is 1. The minimum atomic E-state index is -1.16. The van der Waals surface area contributed by atoms with Crippen LogP contribution in [0.4, 0.5) is 15.8 Å². The van der Waals surface area contributed by atoms with Gasteiger partial charge in [-0.25, -0.2) is 9.18 Å². The first kappa shape index (κ1) is 13.6. The summed E-state index contributed by atoms with van der Waals surface area (Å²) >= 11 is 0. The summed E-state index contributed by atoms with van der Waals surface area (Å²) < 4.78 is 19.5. The van der Waals surface area contributed by atoms with E-state index in [1.165, 1.54) is 6.07 Å². The minimum absolute atomic E-state index is 0.0176. The molecule has 0 aromatic heterocycles. The van der Waals surface area contributed by atoms with Crippen molar-refractivity contribution in [2.45, 2.75) is 26.0 Å². The van der Waals surface area contributed by atoms with Gasteiger partial charge in [0.15, 0.2) is 0 Å². The van der Waals surface area contributed by atoms with Gasteiger partial charge in [0, 0.05) is 18.3 Å². The van der Waals surface area contributed by atoms with Gasteiger partial charge in [-0.15, -0.1) is 0 Å². The summed E-state index contributed by atoms with van der Waals surface area (Å²) in [5.41, 5.74) is 5.63. The number of carboxylic acids is 1. The minimum Gasteiger partial charge on any atom is -0.478 e. The molecule has 19 heavy (non-hydrogen) atoms. The van der Waals surface area contributed by atoms with Crippen molar-refractivity contribution in [2.75, 3.05) is 23.8 Å². The standard InChI is InChI=1S/C13H17FN2O3/c1-7-6-19-8(2)5-16(7)12-3-9(13(17)18)11(15)4-10(12)14/h3-4,7-8H,5-6,15H2,1-2H3,(H,17,18). The molecule has 1 aliphatic heterocycles. The molecule has 1 saturated heterocycles. The van der Waals surface area contributed by atoms with Crippen LogP contribution in [0.2, 0.25) is 0 Å². The fourth-order valence-corrected chi connectivity index (χ4v) is 2.22. The first-order valence-corrected chi connectivity index (χ1v) is 6.10. The lowest BCUT2D eigenvalue weighted by molar-refractivity contribution is 0.0341. The van der Waals surface area contributed by atoms with Gasteiger partial charge in [-0.05, 0) is 26.0 Å². The van der Waals surface area contributed by atoms with Gasteiger partial charge in [-0.1, -0.05) is 0 Å². The average Bonchev–Trinajstić information content (AvgIpc) is 2.32. The smallest absolute Gasteiger partial charge is 0.337 e. The van der Waals surface area contributed by atoms with Crippen LogP contribution in [0.5, 0.6) is 0 Å². The number of aromatic carboxylic acids is 1. The molecule has 0 spiro atoms. The van der Waals surface area contributed by atoms with E-state index in [0.29, 0.717) is 13.2 Å². The molecule has 1 aliphatic rings. The van der Waals surface area contributed by atoms with Gasteiger partial charge in [-0.3, -0.25) is 0 Å². The van der Waals surface area contributed by atoms with E-state index in [1.807, 2.05) is 18.7 Å². The molecule has 1 fully saturated rings. The normalized spacial score (nSPS) is 23.4. The number of nitrogen functional groups attached to an aromatic ring is 1. The molecule has 1 aromatic carbocycles. The van der Waals surface area contributed by atoms with E-state index in [9.17, 15) is 9.18 Å². The van der Waals surface area contributed by atoms with Crippen LogP contribution in [0.3, 0.4) is 0 Å². The molecule has 0 aliphatic carbocycles. The molecule has 0 radical (unpaired) electrons. The molecule has 1 aromatic rings. The van der Waals surface area contributed by atoms with Crippen LogP contribution in [0.25, 0.3) is 0 Å². The Morgan fingerprint density at radius 2 is 2.21 bits per heavy atom. The van der Waals surface area contributed by atoms with Gasteiger partial charge >= 0.3 is 5.97 Å². The number of benzene rings is 1. The fourth-order valence-electron chi connectivity index (χ4n) is 2.22. The Morgan fingerprint density at radius 3 is 2.84 bits per heavy atom. The molecule has 104 valence electrons. The molecular formula is C13H17FN2O3. The van der Waals surface area contributed by atoms with E-state index < -0.39 is 11.8 Å². The van der Waals surface area contributed by atoms with Crippen molar-refractivity contribution in [3.05, 3.63) is 23.5 Å². The van der Waals surface area contributed by atoms with Crippen molar-refractivity contribution >= 4 is 17.3 Å². The summed E-state index contributed by atoms with van der Waals surface area (Å²) in [5.74, 6) is -1.67. The topological polar surface area (TPSA) is 75.8 Å². The van der Waals surface area contributed by atoms with E-state index in [0.717, 1.165) is 6.07 Å². The van der Waals surface area contributed by atoms with Gasteiger partial charge in [0.2, 0.25) is 0 Å². The van der Waals surface area contributed by atoms with Crippen molar-refractivity contribution in [3.63, 3.8) is 0 Å². The number of hydrogen-bond acceptors (Lipinski definition) is 4. The predicted molar refractivity (Wildman–Crippen MR) is 70.0 cm³/mol. The number of carbonyl (C=O) groups is 1. The van der Waals surface area contributed by atoms with Crippen LogP contribution < -0.4 is 10.6 Å². The van der Waals surface area contributed by atoms with Crippen LogP contribution in [0, 0.1) is 5.82 Å². The highest BCUT2D eigenvalue weighted by atomic mass is 19.1. The molecule has 2 unspecified atom stereocenters. The molecule has 2 rings (SSSR count). The second-order valence-electron chi connectivity index (χ2n) is 4.84. The number of anilines is 2. The summed E-state index contributed by atoms with van der Waals surface area (Å²) in [6.07, 6.45) is -0.0265. The maximum absolute atomic E-state index is 14.0. The first-order chi connectivity index (χ1) is 8.90. The number of halogens is 1. The SMILES string of the molecule is CC1CN(c2cc(C(=O)O)c(N)cc2F)C(C)CO1. The zero-order valence-corrected chi connectivity index (χ0v) is 10.9. The zero-order valence-electron chi connectivity index (χ0n) is 10.9. The molecule has 0 bridgehead atoms. The summed E-state index contributed by atoms with van der Waals surface area (Å²) in [5, 5.41) is 9.05. The van der Waals surface area contributed by atoms with Gasteiger partial charge in [0.1, 0.15) is 5.82 Å². The Labute approximate surface area is 110 Å². The Bertz CT molecular complexity index is 507. The summed E-state index contributed by atoms with van der Waals surface area (Å²) in [7, 11) is 0.